The molecule has 4 heteroatoms. The van der Waals surface area contributed by atoms with E-state index in [0.717, 1.165) is 22.3 Å². The Hall–Kier alpha value is -3.14. The first-order chi connectivity index (χ1) is 12.5. The summed E-state index contributed by atoms with van der Waals surface area (Å²) in [7, 11) is 0. The van der Waals surface area contributed by atoms with Crippen molar-refractivity contribution in [1.82, 2.24) is 0 Å². The average molecular weight is 346 g/mol. The van der Waals surface area contributed by atoms with Crippen LogP contribution in [0.15, 0.2) is 59.7 Å². The highest BCUT2D eigenvalue weighted by atomic mass is 16.4. The number of benzene rings is 2. The molecule has 2 N–H and O–H groups in total. The Morgan fingerprint density at radius 1 is 0.692 bits per heavy atom. The minimum Gasteiger partial charge on any atom is -0.481 e. The van der Waals surface area contributed by atoms with Crippen LogP contribution in [0.25, 0.3) is 12.2 Å². The number of aliphatic carboxylic acids is 2. The molecular formula is C22H18O4. The first-order valence-electron chi connectivity index (χ1n) is 8.59. The third-order valence-electron chi connectivity index (χ3n) is 5.26. The molecule has 0 saturated heterocycles. The molecule has 0 bridgehead atoms. The summed E-state index contributed by atoms with van der Waals surface area (Å²) in [6.45, 7) is 0. The summed E-state index contributed by atoms with van der Waals surface area (Å²) in [6.07, 6.45) is 4.46. The highest BCUT2D eigenvalue weighted by Crippen LogP contribution is 2.40. The lowest BCUT2D eigenvalue weighted by Crippen LogP contribution is -2.29. The van der Waals surface area contributed by atoms with Crippen molar-refractivity contribution in [3.63, 3.8) is 0 Å². The molecule has 0 saturated carbocycles. The number of hydrogen-bond acceptors (Lipinski definition) is 2. The van der Waals surface area contributed by atoms with Crippen LogP contribution in [0.5, 0.6) is 0 Å². The van der Waals surface area contributed by atoms with Crippen LogP contribution in [-0.4, -0.2) is 22.2 Å². The lowest BCUT2D eigenvalue weighted by molar-refractivity contribution is -0.142. The highest BCUT2D eigenvalue weighted by Gasteiger charge is 2.36. The van der Waals surface area contributed by atoms with Crippen LogP contribution in [0.1, 0.15) is 22.3 Å². The zero-order valence-electron chi connectivity index (χ0n) is 14.1. The van der Waals surface area contributed by atoms with Gasteiger partial charge in [-0.05, 0) is 46.2 Å². The third kappa shape index (κ3) is 2.73. The van der Waals surface area contributed by atoms with Gasteiger partial charge in [0, 0.05) is 0 Å². The van der Waals surface area contributed by atoms with Crippen molar-refractivity contribution in [2.75, 3.05) is 0 Å². The van der Waals surface area contributed by atoms with Gasteiger partial charge in [0.05, 0.1) is 11.8 Å². The topological polar surface area (TPSA) is 74.6 Å². The smallest absolute Gasteiger partial charge is 0.311 e. The molecule has 0 radical (unpaired) electrons. The van der Waals surface area contributed by atoms with E-state index in [9.17, 15) is 19.8 Å². The summed E-state index contributed by atoms with van der Waals surface area (Å²) >= 11 is 0. The zero-order chi connectivity index (χ0) is 18.3. The van der Waals surface area contributed by atoms with E-state index in [-0.39, 0.29) is 0 Å². The van der Waals surface area contributed by atoms with Crippen molar-refractivity contribution in [2.45, 2.75) is 12.8 Å². The molecule has 2 aromatic carbocycles. The van der Waals surface area contributed by atoms with Crippen molar-refractivity contribution in [3.8, 4) is 0 Å². The summed E-state index contributed by atoms with van der Waals surface area (Å²) in [6, 6.07) is 15.4. The van der Waals surface area contributed by atoms with Crippen molar-refractivity contribution < 1.29 is 19.8 Å². The molecule has 0 spiro atoms. The van der Waals surface area contributed by atoms with Crippen LogP contribution < -0.4 is 0 Å². The second-order valence-electron chi connectivity index (χ2n) is 6.79. The van der Waals surface area contributed by atoms with E-state index in [1.807, 2.05) is 60.7 Å². The van der Waals surface area contributed by atoms with E-state index in [1.54, 1.807) is 0 Å². The van der Waals surface area contributed by atoms with Gasteiger partial charge in [-0.15, -0.1) is 0 Å². The molecule has 130 valence electrons. The van der Waals surface area contributed by atoms with Gasteiger partial charge < -0.3 is 10.2 Å². The van der Waals surface area contributed by atoms with Crippen molar-refractivity contribution >= 4 is 24.1 Å². The Labute approximate surface area is 151 Å². The van der Waals surface area contributed by atoms with Crippen LogP contribution in [0.3, 0.4) is 0 Å². The number of carbonyl (C=O) groups is 2. The quantitative estimate of drug-likeness (QED) is 0.889. The predicted molar refractivity (Wildman–Crippen MR) is 98.5 cm³/mol. The zero-order valence-corrected chi connectivity index (χ0v) is 14.1. The summed E-state index contributed by atoms with van der Waals surface area (Å²) in [5.41, 5.74) is 5.10. The van der Waals surface area contributed by atoms with E-state index in [0.29, 0.717) is 24.0 Å². The Balaban J connectivity index is 1.90. The van der Waals surface area contributed by atoms with Gasteiger partial charge in [0.2, 0.25) is 0 Å². The highest BCUT2D eigenvalue weighted by molar-refractivity contribution is 5.88. The molecule has 0 heterocycles. The van der Waals surface area contributed by atoms with Gasteiger partial charge in [-0.1, -0.05) is 60.7 Å². The normalized spacial score (nSPS) is 21.1. The number of hydrogen-bond donors (Lipinski definition) is 2. The first-order valence-corrected chi connectivity index (χ1v) is 8.59. The maximum atomic E-state index is 11.9. The van der Waals surface area contributed by atoms with Crippen molar-refractivity contribution in [3.05, 3.63) is 81.9 Å². The molecule has 0 aromatic heterocycles. The van der Waals surface area contributed by atoms with E-state index in [1.165, 1.54) is 0 Å². The summed E-state index contributed by atoms with van der Waals surface area (Å²) in [5, 5.41) is 19.5. The van der Waals surface area contributed by atoms with Gasteiger partial charge in [-0.3, -0.25) is 9.59 Å². The fraction of sp³-hybridized carbons (Fsp3) is 0.182. The molecule has 0 amide bonds. The van der Waals surface area contributed by atoms with Gasteiger partial charge in [0.15, 0.2) is 0 Å². The maximum absolute atomic E-state index is 11.9. The molecule has 26 heavy (non-hydrogen) atoms. The fourth-order valence-corrected chi connectivity index (χ4v) is 3.93. The lowest BCUT2D eigenvalue weighted by atomic mass is 9.73. The van der Waals surface area contributed by atoms with Gasteiger partial charge in [0.25, 0.3) is 0 Å². The van der Waals surface area contributed by atoms with E-state index in [4.69, 9.17) is 0 Å². The summed E-state index contributed by atoms with van der Waals surface area (Å²) in [4.78, 5) is 23.8. The molecule has 0 fully saturated rings. The maximum Gasteiger partial charge on any atom is 0.311 e. The van der Waals surface area contributed by atoms with Gasteiger partial charge >= 0.3 is 11.9 Å². The second kappa shape index (κ2) is 6.30. The molecule has 2 aromatic rings. The minimum atomic E-state index is -0.922. The average Bonchev–Trinajstić information content (AvgIpc) is 2.65. The Morgan fingerprint density at radius 3 is 1.46 bits per heavy atom. The lowest BCUT2D eigenvalue weighted by Gasteiger charge is -2.30. The van der Waals surface area contributed by atoms with Gasteiger partial charge in [0.1, 0.15) is 0 Å². The van der Waals surface area contributed by atoms with Crippen LogP contribution in [0.2, 0.25) is 0 Å². The Kier molecular flexibility index (Phi) is 3.96. The van der Waals surface area contributed by atoms with E-state index in [2.05, 4.69) is 0 Å². The standard InChI is InChI=1S/C22H18O4/c23-21(24)19-11-15-7-3-1-5-13(15)9-17(19)18-10-14-6-2-4-8-16(14)12-20(18)22(25)26/h1-10,19-20H,11-12H2,(H,23,24)(H,25,26). The Bertz CT molecular complexity index is 888. The van der Waals surface area contributed by atoms with Crippen LogP contribution >= 0.6 is 0 Å². The van der Waals surface area contributed by atoms with E-state index >= 15 is 0 Å². The van der Waals surface area contributed by atoms with Crippen LogP contribution in [-0.2, 0) is 22.4 Å². The van der Waals surface area contributed by atoms with Crippen molar-refractivity contribution in [2.24, 2.45) is 11.8 Å². The second-order valence-corrected chi connectivity index (χ2v) is 6.79. The molecule has 4 rings (SSSR count). The summed E-state index contributed by atoms with van der Waals surface area (Å²) in [5.74, 6) is -3.31. The number of carboxylic acids is 2. The third-order valence-corrected chi connectivity index (χ3v) is 5.26. The summed E-state index contributed by atoms with van der Waals surface area (Å²) < 4.78 is 0. The SMILES string of the molecule is O=C(O)C1Cc2ccccc2C=C1C1=Cc2ccccc2CC1C(=O)O. The molecule has 0 aliphatic heterocycles. The van der Waals surface area contributed by atoms with Crippen molar-refractivity contribution in [1.29, 1.82) is 0 Å². The number of fused-ring (bicyclic) bond motifs is 2. The minimum absolute atomic E-state index is 0.378. The van der Waals surface area contributed by atoms with Crippen LogP contribution in [0, 0.1) is 11.8 Å². The van der Waals surface area contributed by atoms with E-state index < -0.39 is 23.8 Å². The fourth-order valence-electron chi connectivity index (χ4n) is 3.93. The molecule has 2 unspecified atom stereocenters. The van der Waals surface area contributed by atoms with Crippen LogP contribution in [0.4, 0.5) is 0 Å². The largest absolute Gasteiger partial charge is 0.481 e. The molecule has 2 aliphatic carbocycles. The van der Waals surface area contributed by atoms with Gasteiger partial charge in [-0.2, -0.15) is 0 Å². The number of carboxylic acid groups (broad SMARTS) is 2. The Morgan fingerprint density at radius 2 is 1.08 bits per heavy atom. The monoisotopic (exact) mass is 346 g/mol. The number of rotatable bonds is 3. The molecule has 4 nitrogen and oxygen atoms in total. The van der Waals surface area contributed by atoms with Gasteiger partial charge in [-0.25, -0.2) is 0 Å². The molecule has 2 aliphatic rings. The predicted octanol–water partition coefficient (Wildman–Crippen LogP) is 3.67. The molecule has 2 atom stereocenters. The molecular weight excluding hydrogens is 328 g/mol. The first kappa shape index (κ1) is 16.3.